The van der Waals surface area contributed by atoms with E-state index in [-0.39, 0.29) is 5.75 Å². The first-order valence-corrected chi connectivity index (χ1v) is 7.09. The molecule has 2 rings (SSSR count). The molecule has 0 aliphatic rings. The molecule has 0 aliphatic carbocycles. The number of hydrogen-bond acceptors (Lipinski definition) is 4. The van der Waals surface area contributed by atoms with Crippen LogP contribution in [0.2, 0.25) is 0 Å². The summed E-state index contributed by atoms with van der Waals surface area (Å²) in [5.74, 6) is -1.42. The van der Waals surface area contributed by atoms with Gasteiger partial charge in [-0.2, -0.15) is 0 Å². The normalized spacial score (nSPS) is 11.5. The van der Waals surface area contributed by atoms with Crippen molar-refractivity contribution < 1.29 is 27.8 Å². The number of hydrogen-bond donors (Lipinski definition) is 1. The Hall–Kier alpha value is -2.83. The molecule has 0 saturated heterocycles. The van der Waals surface area contributed by atoms with Crippen molar-refractivity contribution in [3.8, 4) is 17.2 Å². The monoisotopic (exact) mass is 337 g/mol. The zero-order chi connectivity index (χ0) is 17.7. The number of rotatable bonds is 6. The summed E-state index contributed by atoms with van der Waals surface area (Å²) in [4.78, 5) is 12.1. The average molecular weight is 337 g/mol. The highest BCUT2D eigenvalue weighted by Gasteiger charge is 2.16. The van der Waals surface area contributed by atoms with E-state index >= 15 is 0 Å². The summed E-state index contributed by atoms with van der Waals surface area (Å²) in [6.45, 7) is 1.50. The first-order valence-electron chi connectivity index (χ1n) is 7.09. The summed E-state index contributed by atoms with van der Waals surface area (Å²) >= 11 is 0. The molecule has 1 amide bonds. The van der Waals surface area contributed by atoms with E-state index in [0.29, 0.717) is 17.2 Å². The van der Waals surface area contributed by atoms with Gasteiger partial charge < -0.3 is 19.5 Å². The van der Waals surface area contributed by atoms with Crippen molar-refractivity contribution in [3.63, 3.8) is 0 Å². The van der Waals surface area contributed by atoms with Gasteiger partial charge in [-0.3, -0.25) is 4.79 Å². The third-order valence-corrected chi connectivity index (χ3v) is 3.22. The zero-order valence-electron chi connectivity index (χ0n) is 13.4. The van der Waals surface area contributed by atoms with Gasteiger partial charge in [0.1, 0.15) is 5.75 Å². The number of benzene rings is 2. The molecule has 0 bridgehead atoms. The Labute approximate surface area is 138 Å². The number of amides is 1. The van der Waals surface area contributed by atoms with Crippen LogP contribution in [-0.2, 0) is 4.79 Å². The number of ether oxygens (including phenoxy) is 3. The van der Waals surface area contributed by atoms with E-state index in [1.165, 1.54) is 27.2 Å². The fraction of sp³-hybridized carbons (Fsp3) is 0.235. The first-order chi connectivity index (χ1) is 11.4. The minimum absolute atomic E-state index is 0.0591. The topological polar surface area (TPSA) is 56.8 Å². The fourth-order valence-electron chi connectivity index (χ4n) is 1.97. The standard InChI is InChI=1S/C17H17F2NO4/c1-10(24-12-5-6-13(18)14(19)9-12)17(21)20-11-4-7-15(22-2)16(8-11)23-3/h4-10H,1-3H3,(H,20,21). The van der Waals surface area contributed by atoms with E-state index in [2.05, 4.69) is 5.32 Å². The van der Waals surface area contributed by atoms with Crippen LogP contribution >= 0.6 is 0 Å². The van der Waals surface area contributed by atoms with E-state index in [1.54, 1.807) is 18.2 Å². The van der Waals surface area contributed by atoms with Gasteiger partial charge in [0.2, 0.25) is 0 Å². The van der Waals surface area contributed by atoms with Gasteiger partial charge >= 0.3 is 0 Å². The van der Waals surface area contributed by atoms with E-state index in [1.807, 2.05) is 0 Å². The maximum Gasteiger partial charge on any atom is 0.265 e. The molecule has 5 nitrogen and oxygen atoms in total. The Morgan fingerprint density at radius 1 is 1.00 bits per heavy atom. The number of carbonyl (C=O) groups is 1. The fourth-order valence-corrected chi connectivity index (χ4v) is 1.97. The van der Waals surface area contributed by atoms with E-state index in [0.717, 1.165) is 12.1 Å². The van der Waals surface area contributed by atoms with Crippen LogP contribution in [-0.4, -0.2) is 26.2 Å². The van der Waals surface area contributed by atoms with E-state index in [9.17, 15) is 13.6 Å². The van der Waals surface area contributed by atoms with Gasteiger partial charge in [-0.15, -0.1) is 0 Å². The number of nitrogens with one attached hydrogen (secondary N) is 1. The molecule has 1 N–H and O–H groups in total. The molecule has 24 heavy (non-hydrogen) atoms. The van der Waals surface area contributed by atoms with Crippen LogP contribution in [0.15, 0.2) is 36.4 Å². The molecule has 0 radical (unpaired) electrons. The molecule has 0 aromatic heterocycles. The summed E-state index contributed by atoms with van der Waals surface area (Å²) in [6.07, 6.45) is -0.914. The van der Waals surface area contributed by atoms with Crippen LogP contribution in [0.4, 0.5) is 14.5 Å². The summed E-state index contributed by atoms with van der Waals surface area (Å²) in [5, 5.41) is 2.65. The number of anilines is 1. The summed E-state index contributed by atoms with van der Waals surface area (Å²) in [6, 6.07) is 7.96. The van der Waals surface area contributed by atoms with Crippen molar-refractivity contribution >= 4 is 11.6 Å². The van der Waals surface area contributed by atoms with Crippen molar-refractivity contribution in [1.82, 2.24) is 0 Å². The summed E-state index contributed by atoms with van der Waals surface area (Å²) < 4.78 is 41.6. The lowest BCUT2D eigenvalue weighted by molar-refractivity contribution is -0.122. The summed E-state index contributed by atoms with van der Waals surface area (Å²) in [7, 11) is 2.99. The quantitative estimate of drug-likeness (QED) is 0.878. The molecule has 2 aromatic carbocycles. The average Bonchev–Trinajstić information content (AvgIpc) is 2.57. The molecule has 0 heterocycles. The predicted molar refractivity (Wildman–Crippen MR) is 84.6 cm³/mol. The Balaban J connectivity index is 2.04. The second-order valence-corrected chi connectivity index (χ2v) is 4.90. The molecule has 0 saturated carbocycles. The van der Waals surface area contributed by atoms with Gasteiger partial charge in [-0.25, -0.2) is 8.78 Å². The lowest BCUT2D eigenvalue weighted by Gasteiger charge is -2.16. The highest BCUT2D eigenvalue weighted by molar-refractivity contribution is 5.94. The first kappa shape index (κ1) is 17.5. The van der Waals surface area contributed by atoms with Gasteiger partial charge in [-0.1, -0.05) is 0 Å². The van der Waals surface area contributed by atoms with E-state index in [4.69, 9.17) is 14.2 Å². The number of methoxy groups -OCH3 is 2. The minimum Gasteiger partial charge on any atom is -0.493 e. The summed E-state index contributed by atoms with van der Waals surface area (Å²) in [5.41, 5.74) is 0.485. The van der Waals surface area contributed by atoms with Crippen LogP contribution in [0.25, 0.3) is 0 Å². The molecule has 2 aromatic rings. The van der Waals surface area contributed by atoms with Gasteiger partial charge in [0.25, 0.3) is 5.91 Å². The molecule has 0 fully saturated rings. The third-order valence-electron chi connectivity index (χ3n) is 3.22. The van der Waals surface area contributed by atoms with Crippen molar-refractivity contribution in [2.75, 3.05) is 19.5 Å². The largest absolute Gasteiger partial charge is 0.493 e. The molecular weight excluding hydrogens is 320 g/mol. The Kier molecular flexibility index (Phi) is 5.57. The molecule has 128 valence electrons. The SMILES string of the molecule is COc1ccc(NC(=O)C(C)Oc2ccc(F)c(F)c2)cc1OC. The second kappa shape index (κ2) is 7.63. The Morgan fingerprint density at radius 3 is 2.33 bits per heavy atom. The Bertz CT molecular complexity index is 737. The molecule has 0 aliphatic heterocycles. The smallest absolute Gasteiger partial charge is 0.265 e. The van der Waals surface area contributed by atoms with Crippen LogP contribution in [0.3, 0.4) is 0 Å². The molecule has 0 spiro atoms. The maximum absolute atomic E-state index is 13.2. The van der Waals surface area contributed by atoms with Crippen LogP contribution in [0.1, 0.15) is 6.92 Å². The van der Waals surface area contributed by atoms with Crippen molar-refractivity contribution in [1.29, 1.82) is 0 Å². The molecule has 1 unspecified atom stereocenters. The minimum atomic E-state index is -1.04. The molecular formula is C17H17F2NO4. The highest BCUT2D eigenvalue weighted by Crippen LogP contribution is 2.29. The predicted octanol–water partition coefficient (Wildman–Crippen LogP) is 3.39. The highest BCUT2D eigenvalue weighted by atomic mass is 19.2. The van der Waals surface area contributed by atoms with Gasteiger partial charge in [-0.05, 0) is 31.2 Å². The molecule has 7 heteroatoms. The molecule has 1 atom stereocenters. The second-order valence-electron chi connectivity index (χ2n) is 4.90. The van der Waals surface area contributed by atoms with E-state index < -0.39 is 23.6 Å². The number of halogens is 2. The van der Waals surface area contributed by atoms with Crippen LogP contribution in [0, 0.1) is 11.6 Å². The van der Waals surface area contributed by atoms with Gasteiger partial charge in [0.15, 0.2) is 29.2 Å². The zero-order valence-corrected chi connectivity index (χ0v) is 13.4. The maximum atomic E-state index is 13.2. The third kappa shape index (κ3) is 4.13. The van der Waals surface area contributed by atoms with Gasteiger partial charge in [0, 0.05) is 17.8 Å². The van der Waals surface area contributed by atoms with Gasteiger partial charge in [0.05, 0.1) is 14.2 Å². The van der Waals surface area contributed by atoms with Crippen molar-refractivity contribution in [2.24, 2.45) is 0 Å². The lowest BCUT2D eigenvalue weighted by Crippen LogP contribution is -2.30. The van der Waals surface area contributed by atoms with Crippen molar-refractivity contribution in [3.05, 3.63) is 48.0 Å². The van der Waals surface area contributed by atoms with Crippen LogP contribution < -0.4 is 19.5 Å². The van der Waals surface area contributed by atoms with Crippen LogP contribution in [0.5, 0.6) is 17.2 Å². The lowest BCUT2D eigenvalue weighted by atomic mass is 10.2. The van der Waals surface area contributed by atoms with Crippen molar-refractivity contribution in [2.45, 2.75) is 13.0 Å². The Morgan fingerprint density at radius 2 is 1.71 bits per heavy atom. The number of carbonyl (C=O) groups excluding carboxylic acids is 1.